The number of carbonyl (C=O) groups excluding carboxylic acids is 1. The molecule has 1 saturated carbocycles. The van der Waals surface area contributed by atoms with E-state index in [4.69, 9.17) is 25.5 Å². The lowest BCUT2D eigenvalue weighted by atomic mass is 9.68. The molecule has 1 spiro atoms. The molecule has 2 aliphatic carbocycles. The fourth-order valence-electron chi connectivity index (χ4n) is 8.64. The van der Waals surface area contributed by atoms with E-state index in [1.807, 2.05) is 6.07 Å². The monoisotopic (exact) mass is 729 g/mol. The first-order chi connectivity index (χ1) is 24.4. The van der Waals surface area contributed by atoms with Gasteiger partial charge in [0.15, 0.2) is 0 Å². The lowest BCUT2D eigenvalue weighted by Gasteiger charge is -2.47. The summed E-state index contributed by atoms with van der Waals surface area (Å²) in [6.45, 7) is 8.89. The Morgan fingerprint density at radius 1 is 0.902 bits per heavy atom. The summed E-state index contributed by atoms with van der Waals surface area (Å²) in [6, 6.07) is 31.6. The number of rotatable bonds is 8. The van der Waals surface area contributed by atoms with Crippen LogP contribution in [0.5, 0.6) is 5.75 Å². The Morgan fingerprint density at radius 2 is 1.57 bits per heavy atom. The quantitative estimate of drug-likeness (QED) is 0.134. The molecule has 5 nitrogen and oxygen atoms in total. The number of anilines is 1. The summed E-state index contributed by atoms with van der Waals surface area (Å²) in [5.41, 5.74) is 1.06. The molecule has 1 aliphatic heterocycles. The summed E-state index contributed by atoms with van der Waals surface area (Å²) in [6.07, 6.45) is 2.03. The number of esters is 1. The van der Waals surface area contributed by atoms with Crippen LogP contribution in [0, 0.1) is 11.8 Å². The minimum atomic E-state index is -2.98. The number of methoxy groups -OCH3 is 1. The summed E-state index contributed by atoms with van der Waals surface area (Å²) in [5, 5.41) is 2.67. The van der Waals surface area contributed by atoms with Crippen molar-refractivity contribution in [1.82, 2.24) is 0 Å². The minimum absolute atomic E-state index is 0.0220. The summed E-state index contributed by atoms with van der Waals surface area (Å²) in [5.74, 6) is -2.19. The van der Waals surface area contributed by atoms with Gasteiger partial charge in [0.05, 0.1) is 25.0 Å². The highest BCUT2D eigenvalue weighted by molar-refractivity contribution is 6.99. The second-order valence-corrected chi connectivity index (χ2v) is 20.3. The lowest BCUT2D eigenvalue weighted by molar-refractivity contribution is -0.0361. The molecule has 3 aliphatic rings. The van der Waals surface area contributed by atoms with Crippen molar-refractivity contribution in [2.24, 2.45) is 11.8 Å². The third-order valence-corrected chi connectivity index (χ3v) is 16.8. The van der Waals surface area contributed by atoms with Gasteiger partial charge in [0.2, 0.25) is 0 Å². The predicted octanol–water partition coefficient (Wildman–Crippen LogP) is 8.75. The number of carbonyl (C=O) groups is 1. The van der Waals surface area contributed by atoms with Crippen LogP contribution in [0.25, 0.3) is 0 Å². The van der Waals surface area contributed by atoms with E-state index >= 15 is 8.78 Å². The molecule has 0 N–H and O–H groups in total. The van der Waals surface area contributed by atoms with Gasteiger partial charge in [0, 0.05) is 42.1 Å². The van der Waals surface area contributed by atoms with Gasteiger partial charge >= 0.3 is 5.97 Å². The van der Waals surface area contributed by atoms with Gasteiger partial charge in [0.1, 0.15) is 5.75 Å². The van der Waals surface area contributed by atoms with Crippen LogP contribution in [-0.4, -0.2) is 47.7 Å². The van der Waals surface area contributed by atoms with Crippen LogP contribution in [0.15, 0.2) is 97.1 Å². The molecule has 4 aromatic carbocycles. The molecule has 268 valence electrons. The van der Waals surface area contributed by atoms with Crippen molar-refractivity contribution in [2.75, 3.05) is 38.3 Å². The van der Waals surface area contributed by atoms with E-state index < -0.39 is 25.6 Å². The maximum Gasteiger partial charge on any atom is 0.337 e. The Kier molecular flexibility index (Phi) is 9.57. The van der Waals surface area contributed by atoms with Gasteiger partial charge in [-0.05, 0) is 82.4 Å². The second-order valence-electron chi connectivity index (χ2n) is 15.6. The van der Waals surface area contributed by atoms with E-state index in [-0.39, 0.29) is 30.1 Å². The Labute approximate surface area is 306 Å². The van der Waals surface area contributed by atoms with Crippen LogP contribution in [0.1, 0.15) is 67.9 Å². The van der Waals surface area contributed by atoms with Crippen molar-refractivity contribution < 1.29 is 27.5 Å². The molecular weight excluding hydrogens is 684 g/mol. The number of fused-ring (bicyclic) bond motifs is 3. The van der Waals surface area contributed by atoms with Crippen LogP contribution in [0.2, 0.25) is 10.1 Å². The molecule has 1 fully saturated rings. The van der Waals surface area contributed by atoms with E-state index in [1.54, 1.807) is 24.3 Å². The number of nitrogens with zero attached hydrogens (tertiary/aromatic N) is 1. The number of hydrogen-bond donors (Lipinski definition) is 0. The Balaban J connectivity index is 1.22. The zero-order valence-electron chi connectivity index (χ0n) is 29.8. The van der Waals surface area contributed by atoms with Gasteiger partial charge < -0.3 is 18.8 Å². The molecule has 0 bridgehead atoms. The van der Waals surface area contributed by atoms with Crippen LogP contribution in [0.4, 0.5) is 14.5 Å². The fraction of sp³-hybridized carbons (Fsp3) is 0.405. The van der Waals surface area contributed by atoms with Crippen molar-refractivity contribution in [1.29, 1.82) is 0 Å². The first kappa shape index (κ1) is 35.7. The maximum absolute atomic E-state index is 15.4. The van der Waals surface area contributed by atoms with E-state index in [0.717, 1.165) is 18.5 Å². The van der Waals surface area contributed by atoms with E-state index in [1.165, 1.54) is 23.5 Å². The van der Waals surface area contributed by atoms with Crippen LogP contribution < -0.4 is 20.0 Å². The maximum atomic E-state index is 15.4. The van der Waals surface area contributed by atoms with E-state index in [9.17, 15) is 4.79 Å². The average Bonchev–Trinajstić information content (AvgIpc) is 3.27. The Hall–Kier alpha value is -3.72. The van der Waals surface area contributed by atoms with Crippen LogP contribution >= 0.6 is 11.6 Å². The Morgan fingerprint density at radius 3 is 2.18 bits per heavy atom. The molecular formula is C42H46ClF2NO4Si. The Bertz CT molecular complexity index is 1850. The molecule has 7 rings (SSSR count). The highest BCUT2D eigenvalue weighted by Crippen LogP contribution is 2.52. The number of benzene rings is 4. The summed E-state index contributed by atoms with van der Waals surface area (Å²) >= 11 is 6.28. The normalized spacial score (nSPS) is 22.6. The van der Waals surface area contributed by atoms with Crippen molar-refractivity contribution in [3.05, 3.63) is 119 Å². The number of alkyl halides is 2. The van der Waals surface area contributed by atoms with Gasteiger partial charge in [-0.25, -0.2) is 13.6 Å². The zero-order chi connectivity index (χ0) is 36.0. The zero-order valence-corrected chi connectivity index (χ0v) is 31.5. The van der Waals surface area contributed by atoms with Crippen molar-refractivity contribution in [3.63, 3.8) is 0 Å². The third kappa shape index (κ3) is 6.49. The molecule has 3 atom stereocenters. The van der Waals surface area contributed by atoms with Crippen molar-refractivity contribution in [3.8, 4) is 5.75 Å². The molecule has 51 heavy (non-hydrogen) atoms. The van der Waals surface area contributed by atoms with Gasteiger partial charge in [0.25, 0.3) is 14.2 Å². The summed E-state index contributed by atoms with van der Waals surface area (Å²) in [4.78, 5) is 15.0. The van der Waals surface area contributed by atoms with Crippen LogP contribution in [0.3, 0.4) is 0 Å². The highest BCUT2D eigenvalue weighted by atomic mass is 35.5. The molecule has 0 radical (unpaired) electrons. The van der Waals surface area contributed by atoms with Crippen molar-refractivity contribution in [2.45, 2.75) is 62.8 Å². The molecule has 0 saturated heterocycles. The second kappa shape index (κ2) is 13.7. The van der Waals surface area contributed by atoms with E-state index in [0.29, 0.717) is 53.4 Å². The predicted molar refractivity (Wildman–Crippen MR) is 202 cm³/mol. The number of ether oxygens (including phenoxy) is 2. The van der Waals surface area contributed by atoms with Gasteiger partial charge in [-0.2, -0.15) is 0 Å². The van der Waals surface area contributed by atoms with Crippen molar-refractivity contribution >= 4 is 41.9 Å². The van der Waals surface area contributed by atoms with Gasteiger partial charge in [-0.1, -0.05) is 99.1 Å². The SMILES string of the molecule is COC(=O)c1ccc2c(c1)N(C[C@@H]1CC[C@H]1CO[Si](c1ccccc1)(c1ccccc1)C(C)(C)C)C[C@@]1(CCC(F)(F)c3cc(Cl)ccc31)CO2. The number of hydrogen-bond acceptors (Lipinski definition) is 5. The number of halogens is 3. The average molecular weight is 730 g/mol. The smallest absolute Gasteiger partial charge is 0.337 e. The van der Waals surface area contributed by atoms with Gasteiger partial charge in [-0.15, -0.1) is 0 Å². The lowest BCUT2D eigenvalue weighted by Crippen LogP contribution is -2.67. The molecule has 1 heterocycles. The standard InChI is InChI=1S/C42H46ClF2NO4Si/c1-40(2,3)51(33-11-7-5-8-12-33,34-13-9-6-10-14-34)50-26-31-16-15-30(31)25-46-27-41(21-22-42(44,45)36-24-32(43)18-19-35(36)41)28-49-38-20-17-29(23-37(38)46)39(47)48-4/h5-14,17-20,23-24,30-31H,15-16,21-22,25-28H2,1-4H3/t30-,31-,41-/m0/s1. The third-order valence-electron chi connectivity index (χ3n) is 11.5. The topological polar surface area (TPSA) is 48.0 Å². The highest BCUT2D eigenvalue weighted by Gasteiger charge is 2.53. The summed E-state index contributed by atoms with van der Waals surface area (Å²) in [7, 11) is -1.36. The van der Waals surface area contributed by atoms with E-state index in [2.05, 4.69) is 86.3 Å². The summed E-state index contributed by atoms with van der Waals surface area (Å²) < 4.78 is 49.8. The largest absolute Gasteiger partial charge is 0.490 e. The molecule has 9 heteroatoms. The molecule has 4 aromatic rings. The first-order valence-corrected chi connectivity index (χ1v) is 20.2. The molecule has 0 unspecified atom stereocenters. The fourth-order valence-corrected chi connectivity index (χ4v) is 13.4. The first-order valence-electron chi connectivity index (χ1n) is 17.9. The van der Waals surface area contributed by atoms with Crippen LogP contribution in [-0.2, 0) is 20.5 Å². The minimum Gasteiger partial charge on any atom is -0.490 e. The molecule has 0 amide bonds. The molecule has 0 aromatic heterocycles. The van der Waals surface area contributed by atoms with Gasteiger partial charge in [-0.3, -0.25) is 0 Å².